The zero-order valence-corrected chi connectivity index (χ0v) is 14.6. The molecule has 0 saturated heterocycles. The Morgan fingerprint density at radius 3 is 2.67 bits per heavy atom. The molecular formula is C14H25N3O2S2. The lowest BCUT2D eigenvalue weighted by atomic mass is 10.3. The van der Waals surface area contributed by atoms with E-state index in [1.165, 1.54) is 6.20 Å². The van der Waals surface area contributed by atoms with Crippen molar-refractivity contribution in [3.05, 3.63) is 18.3 Å². The molecule has 1 atom stereocenters. The molecule has 0 radical (unpaired) electrons. The lowest BCUT2D eigenvalue weighted by molar-refractivity contribution is 0.556. The lowest BCUT2D eigenvalue weighted by Gasteiger charge is -2.14. The maximum absolute atomic E-state index is 12.2. The quantitative estimate of drug-likeness (QED) is 0.645. The number of nitrogens with zero attached hydrogens (tertiary/aromatic N) is 1. The summed E-state index contributed by atoms with van der Waals surface area (Å²) in [4.78, 5) is 4.34. The van der Waals surface area contributed by atoms with Gasteiger partial charge in [-0.15, -0.1) is 0 Å². The van der Waals surface area contributed by atoms with Crippen molar-refractivity contribution in [2.75, 3.05) is 23.4 Å². The van der Waals surface area contributed by atoms with E-state index in [0.717, 1.165) is 30.9 Å². The Hall–Kier alpha value is -0.790. The summed E-state index contributed by atoms with van der Waals surface area (Å²) >= 11 is 1.81. The van der Waals surface area contributed by atoms with E-state index in [-0.39, 0.29) is 10.9 Å². The van der Waals surface area contributed by atoms with Gasteiger partial charge in [0.1, 0.15) is 10.7 Å². The summed E-state index contributed by atoms with van der Waals surface area (Å²) in [6, 6.07) is 3.20. The van der Waals surface area contributed by atoms with Crippen molar-refractivity contribution in [2.45, 2.75) is 44.6 Å². The van der Waals surface area contributed by atoms with Crippen LogP contribution in [-0.2, 0) is 10.0 Å². The van der Waals surface area contributed by atoms with Gasteiger partial charge in [0.05, 0.1) is 0 Å². The van der Waals surface area contributed by atoms with Gasteiger partial charge in [-0.1, -0.05) is 13.8 Å². The number of anilines is 1. The summed E-state index contributed by atoms with van der Waals surface area (Å²) in [6.07, 6.45) is 3.21. The Kier molecular flexibility index (Phi) is 8.06. The number of hydrogen-bond donors (Lipinski definition) is 2. The van der Waals surface area contributed by atoms with Gasteiger partial charge in [-0.05, 0) is 43.4 Å². The van der Waals surface area contributed by atoms with Gasteiger partial charge < -0.3 is 5.32 Å². The monoisotopic (exact) mass is 331 g/mol. The first-order valence-corrected chi connectivity index (χ1v) is 9.93. The Morgan fingerprint density at radius 1 is 1.33 bits per heavy atom. The van der Waals surface area contributed by atoms with Crippen LogP contribution in [0.25, 0.3) is 0 Å². The van der Waals surface area contributed by atoms with Crippen molar-refractivity contribution in [1.82, 2.24) is 9.71 Å². The Labute approximate surface area is 132 Å². The van der Waals surface area contributed by atoms with Crippen molar-refractivity contribution < 1.29 is 8.42 Å². The number of nitrogens with one attached hydrogen (secondary N) is 2. The molecule has 5 nitrogen and oxygen atoms in total. The van der Waals surface area contributed by atoms with Crippen molar-refractivity contribution in [1.29, 1.82) is 0 Å². The third kappa shape index (κ3) is 6.67. The molecule has 0 fully saturated rings. The van der Waals surface area contributed by atoms with E-state index in [0.29, 0.717) is 5.82 Å². The Balaban J connectivity index is 2.61. The summed E-state index contributed by atoms with van der Waals surface area (Å²) in [7, 11) is -3.48. The van der Waals surface area contributed by atoms with Crippen LogP contribution in [0.5, 0.6) is 0 Å². The minimum Gasteiger partial charge on any atom is -0.370 e. The van der Waals surface area contributed by atoms with Crippen LogP contribution in [-0.4, -0.2) is 37.5 Å². The summed E-state index contributed by atoms with van der Waals surface area (Å²) in [5.74, 6) is 2.71. The fourth-order valence-electron chi connectivity index (χ4n) is 1.69. The number of thioether (sulfide) groups is 1. The van der Waals surface area contributed by atoms with Gasteiger partial charge in [0.25, 0.3) is 0 Å². The molecule has 0 aliphatic heterocycles. The van der Waals surface area contributed by atoms with Crippen molar-refractivity contribution in [3.63, 3.8) is 0 Å². The first-order chi connectivity index (χ1) is 9.99. The predicted octanol–water partition coefficient (Wildman–Crippen LogP) is 2.71. The summed E-state index contributed by atoms with van der Waals surface area (Å²) < 4.78 is 27.1. The molecule has 120 valence electrons. The van der Waals surface area contributed by atoms with Crippen LogP contribution in [0.3, 0.4) is 0 Å². The summed E-state index contributed by atoms with van der Waals surface area (Å²) in [5, 5.41) is 3.12. The molecule has 7 heteroatoms. The van der Waals surface area contributed by atoms with Crippen molar-refractivity contribution in [2.24, 2.45) is 0 Å². The summed E-state index contributed by atoms with van der Waals surface area (Å²) in [6.45, 7) is 6.87. The smallest absolute Gasteiger partial charge is 0.242 e. The molecule has 0 aliphatic rings. The van der Waals surface area contributed by atoms with Crippen LogP contribution in [0, 0.1) is 0 Å². The molecule has 0 saturated carbocycles. The van der Waals surface area contributed by atoms with E-state index < -0.39 is 10.0 Å². The van der Waals surface area contributed by atoms with E-state index in [2.05, 4.69) is 28.9 Å². The van der Waals surface area contributed by atoms with Crippen molar-refractivity contribution >= 4 is 27.6 Å². The molecule has 21 heavy (non-hydrogen) atoms. The van der Waals surface area contributed by atoms with Gasteiger partial charge in [-0.3, -0.25) is 0 Å². The molecule has 0 aromatic carbocycles. The average molecular weight is 332 g/mol. The highest BCUT2D eigenvalue weighted by Gasteiger charge is 2.17. The van der Waals surface area contributed by atoms with Crippen LogP contribution in [0.4, 0.5) is 5.82 Å². The second kappa shape index (κ2) is 9.27. The fraction of sp³-hybridized carbons (Fsp3) is 0.643. The lowest BCUT2D eigenvalue weighted by Crippen LogP contribution is -2.33. The number of sulfonamides is 1. The van der Waals surface area contributed by atoms with E-state index >= 15 is 0 Å². The van der Waals surface area contributed by atoms with Gasteiger partial charge >= 0.3 is 0 Å². The third-order valence-electron chi connectivity index (χ3n) is 2.86. The second-order valence-electron chi connectivity index (χ2n) is 4.81. The molecule has 0 aliphatic carbocycles. The number of aromatic nitrogens is 1. The van der Waals surface area contributed by atoms with Crippen LogP contribution in [0.1, 0.15) is 33.6 Å². The van der Waals surface area contributed by atoms with Crippen LogP contribution < -0.4 is 10.0 Å². The minimum absolute atomic E-state index is 0.0769. The van der Waals surface area contributed by atoms with E-state index in [1.54, 1.807) is 12.1 Å². The van der Waals surface area contributed by atoms with Gasteiger partial charge in [0.15, 0.2) is 0 Å². The predicted molar refractivity (Wildman–Crippen MR) is 90.4 cm³/mol. The fourth-order valence-corrected chi connectivity index (χ4v) is 3.72. The standard InChI is InChI=1S/C14H25N3O2S2/c1-4-9-15-14-7-6-13(11-16-14)21(18,19)17-12(3)8-10-20-5-2/h6-7,11-12,17H,4-5,8-10H2,1-3H3,(H,15,16). The van der Waals surface area contributed by atoms with Gasteiger partial charge in [0, 0.05) is 18.8 Å². The zero-order valence-electron chi connectivity index (χ0n) is 12.9. The Bertz CT molecular complexity index is 503. The second-order valence-corrected chi connectivity index (χ2v) is 7.92. The first kappa shape index (κ1) is 18.3. The first-order valence-electron chi connectivity index (χ1n) is 7.29. The molecular weight excluding hydrogens is 306 g/mol. The highest BCUT2D eigenvalue weighted by Crippen LogP contribution is 2.12. The largest absolute Gasteiger partial charge is 0.370 e. The molecule has 0 amide bonds. The highest BCUT2D eigenvalue weighted by molar-refractivity contribution is 7.99. The molecule has 1 unspecified atom stereocenters. The SMILES string of the molecule is CCCNc1ccc(S(=O)(=O)NC(C)CCSCC)cn1. The molecule has 0 spiro atoms. The number of hydrogen-bond acceptors (Lipinski definition) is 5. The van der Waals surface area contributed by atoms with E-state index in [4.69, 9.17) is 0 Å². The average Bonchev–Trinajstić information content (AvgIpc) is 2.45. The minimum atomic E-state index is -3.48. The molecule has 1 aromatic rings. The molecule has 0 bridgehead atoms. The summed E-state index contributed by atoms with van der Waals surface area (Å²) in [5.41, 5.74) is 0. The number of rotatable bonds is 10. The van der Waals surface area contributed by atoms with Crippen LogP contribution >= 0.6 is 11.8 Å². The van der Waals surface area contributed by atoms with Gasteiger partial charge in [-0.25, -0.2) is 18.1 Å². The van der Waals surface area contributed by atoms with Gasteiger partial charge in [-0.2, -0.15) is 11.8 Å². The number of pyridine rings is 1. The normalized spacial score (nSPS) is 13.1. The maximum Gasteiger partial charge on any atom is 0.242 e. The third-order valence-corrected chi connectivity index (χ3v) is 5.37. The molecule has 1 aromatic heterocycles. The van der Waals surface area contributed by atoms with Crippen LogP contribution in [0.15, 0.2) is 23.2 Å². The van der Waals surface area contributed by atoms with E-state index in [1.807, 2.05) is 18.7 Å². The zero-order chi connectivity index (χ0) is 15.7. The highest BCUT2D eigenvalue weighted by atomic mass is 32.2. The van der Waals surface area contributed by atoms with Gasteiger partial charge in [0.2, 0.25) is 10.0 Å². The maximum atomic E-state index is 12.2. The molecule has 2 N–H and O–H groups in total. The van der Waals surface area contributed by atoms with Crippen LogP contribution in [0.2, 0.25) is 0 Å². The molecule has 1 heterocycles. The Morgan fingerprint density at radius 2 is 2.10 bits per heavy atom. The topological polar surface area (TPSA) is 71.1 Å². The molecule has 1 rings (SSSR count). The van der Waals surface area contributed by atoms with Crippen molar-refractivity contribution in [3.8, 4) is 0 Å². The van der Waals surface area contributed by atoms with E-state index in [9.17, 15) is 8.42 Å².